The standard InChI is InChI=1S/C39H49F3N6O5/c1-2-35(50)48-19-5-21-51-30-10-7-28(8-11-30)25-43-36-44-34(45-37(46-36)53-27-39(40,41)42)24-29-9-12-31(33(23-29)52-22-6-20-48)32(49)13-14-38(15-16-38)26-47-17-3-4-18-47/h7-12,23H,2-6,13-22,24-27H2,1H3,(H,43,44,45,46). The predicted octanol–water partition coefficient (Wildman–Crippen LogP) is 6.64. The van der Waals surface area contributed by atoms with Crippen molar-refractivity contribution in [3.8, 4) is 17.5 Å². The number of aromatic nitrogens is 3. The highest BCUT2D eigenvalue weighted by atomic mass is 19.4. The van der Waals surface area contributed by atoms with Gasteiger partial charge in [0.25, 0.3) is 0 Å². The molecule has 286 valence electrons. The fraction of sp³-hybridized carbons (Fsp3) is 0.564. The van der Waals surface area contributed by atoms with Crippen LogP contribution in [0.4, 0.5) is 19.1 Å². The molecule has 53 heavy (non-hydrogen) atoms. The maximum Gasteiger partial charge on any atom is 0.422 e. The number of Topliss-reactive ketones (excluding diaryl/α,β-unsaturated/α-hetero) is 1. The van der Waals surface area contributed by atoms with Crippen molar-refractivity contribution in [3.63, 3.8) is 0 Å². The number of halogens is 3. The van der Waals surface area contributed by atoms with Gasteiger partial charge in [-0.15, -0.1) is 0 Å². The summed E-state index contributed by atoms with van der Waals surface area (Å²) in [6.07, 6.45) is 3.12. The van der Waals surface area contributed by atoms with E-state index in [1.54, 1.807) is 18.2 Å². The Morgan fingerprint density at radius 2 is 1.62 bits per heavy atom. The number of hydrogen-bond donors (Lipinski definition) is 1. The summed E-state index contributed by atoms with van der Waals surface area (Å²) in [6, 6.07) is 12.3. The smallest absolute Gasteiger partial charge is 0.422 e. The lowest BCUT2D eigenvalue weighted by molar-refractivity contribution is -0.154. The first-order valence-corrected chi connectivity index (χ1v) is 18.8. The molecule has 1 saturated heterocycles. The van der Waals surface area contributed by atoms with E-state index in [0.29, 0.717) is 68.0 Å². The lowest BCUT2D eigenvalue weighted by atomic mass is 9.94. The van der Waals surface area contributed by atoms with Crippen LogP contribution in [0.5, 0.6) is 17.5 Å². The molecule has 11 nitrogen and oxygen atoms in total. The monoisotopic (exact) mass is 738 g/mol. The Labute approximate surface area is 308 Å². The number of likely N-dealkylation sites (tertiary alicyclic amines) is 1. The van der Waals surface area contributed by atoms with E-state index in [0.717, 1.165) is 44.5 Å². The number of carbonyl (C=O) groups excluding carboxylic acids is 2. The normalized spacial score (nSPS) is 18.2. The van der Waals surface area contributed by atoms with Gasteiger partial charge in [0.15, 0.2) is 12.4 Å². The van der Waals surface area contributed by atoms with Crippen molar-refractivity contribution in [2.24, 2.45) is 5.41 Å². The molecule has 4 heterocycles. The number of alkyl halides is 3. The van der Waals surface area contributed by atoms with E-state index < -0.39 is 18.8 Å². The number of rotatable bonds is 9. The summed E-state index contributed by atoms with van der Waals surface area (Å²) >= 11 is 0. The third-order valence-corrected chi connectivity index (χ3v) is 10.0. The molecule has 2 fully saturated rings. The van der Waals surface area contributed by atoms with E-state index >= 15 is 0 Å². The first-order valence-electron chi connectivity index (χ1n) is 18.8. The number of nitrogens with zero attached hydrogens (tertiary/aromatic N) is 5. The zero-order valence-corrected chi connectivity index (χ0v) is 30.4. The molecule has 14 heteroatoms. The highest BCUT2D eigenvalue weighted by Crippen LogP contribution is 2.50. The molecule has 2 aromatic carbocycles. The molecule has 0 radical (unpaired) electrons. The second-order valence-electron chi connectivity index (χ2n) is 14.3. The van der Waals surface area contributed by atoms with Crippen LogP contribution in [-0.4, -0.2) is 95.2 Å². The van der Waals surface area contributed by atoms with Crippen LogP contribution in [0, 0.1) is 5.41 Å². The first-order chi connectivity index (χ1) is 25.6. The van der Waals surface area contributed by atoms with Gasteiger partial charge in [-0.1, -0.05) is 25.1 Å². The highest BCUT2D eigenvalue weighted by molar-refractivity contribution is 5.98. The molecule has 0 unspecified atom stereocenters. The largest absolute Gasteiger partial charge is 0.494 e. The van der Waals surface area contributed by atoms with Gasteiger partial charge in [0.2, 0.25) is 11.9 Å². The molecule has 1 aliphatic carbocycles. The lowest BCUT2D eigenvalue weighted by Crippen LogP contribution is -2.33. The van der Waals surface area contributed by atoms with Gasteiger partial charge in [-0.05, 0) is 98.8 Å². The van der Waals surface area contributed by atoms with Gasteiger partial charge in [-0.3, -0.25) is 9.59 Å². The molecule has 4 aliphatic rings. The van der Waals surface area contributed by atoms with Crippen LogP contribution in [0.2, 0.25) is 0 Å². The fourth-order valence-corrected chi connectivity index (χ4v) is 6.92. The van der Waals surface area contributed by atoms with Crippen molar-refractivity contribution >= 4 is 17.6 Å². The van der Waals surface area contributed by atoms with E-state index in [-0.39, 0.29) is 48.5 Å². The third kappa shape index (κ3) is 11.5. The van der Waals surface area contributed by atoms with Crippen LogP contribution >= 0.6 is 0 Å². The minimum atomic E-state index is -4.58. The summed E-state index contributed by atoms with van der Waals surface area (Å²) in [7, 11) is 0. The van der Waals surface area contributed by atoms with Crippen molar-refractivity contribution in [2.75, 3.05) is 57.9 Å². The molecule has 1 aromatic heterocycles. The topological polar surface area (TPSA) is 119 Å². The number of benzene rings is 2. The molecule has 6 bridgehead atoms. The van der Waals surface area contributed by atoms with Crippen LogP contribution in [0.3, 0.4) is 0 Å². The Morgan fingerprint density at radius 1 is 0.906 bits per heavy atom. The van der Waals surface area contributed by atoms with Crippen molar-refractivity contribution in [1.29, 1.82) is 0 Å². The van der Waals surface area contributed by atoms with Gasteiger partial charge in [-0.2, -0.15) is 28.1 Å². The van der Waals surface area contributed by atoms with Crippen molar-refractivity contribution < 1.29 is 37.0 Å². The Morgan fingerprint density at radius 3 is 2.32 bits per heavy atom. The first kappa shape index (κ1) is 38.3. The molecular weight excluding hydrogens is 689 g/mol. The van der Waals surface area contributed by atoms with Gasteiger partial charge in [0.05, 0.1) is 18.8 Å². The second kappa shape index (κ2) is 17.6. The van der Waals surface area contributed by atoms with Gasteiger partial charge in [0, 0.05) is 45.4 Å². The van der Waals surface area contributed by atoms with Gasteiger partial charge < -0.3 is 29.3 Å². The number of fused-ring (bicyclic) bond motifs is 11. The van der Waals surface area contributed by atoms with Crippen LogP contribution in [0.15, 0.2) is 42.5 Å². The van der Waals surface area contributed by atoms with Gasteiger partial charge >= 0.3 is 12.2 Å². The summed E-state index contributed by atoms with van der Waals surface area (Å²) < 4.78 is 56.3. The molecular formula is C39H49F3N6O5. The SMILES string of the molecule is CCC(=O)N1CCCOc2ccc(cc2)CNc2nc(nc(OCC(F)(F)F)n2)Cc2ccc(C(=O)CCC3(CN4CCCC4)CC3)c(c2)OCCC1. The van der Waals surface area contributed by atoms with Crippen LogP contribution in [0.1, 0.15) is 92.0 Å². The maximum absolute atomic E-state index is 13.8. The molecule has 1 saturated carbocycles. The van der Waals surface area contributed by atoms with Crippen molar-refractivity contribution in [3.05, 3.63) is 65.0 Å². The molecule has 1 amide bonds. The average Bonchev–Trinajstić information content (AvgIpc) is 3.72. The average molecular weight is 739 g/mol. The van der Waals surface area contributed by atoms with E-state index in [2.05, 4.69) is 25.2 Å². The zero-order chi connectivity index (χ0) is 37.3. The molecule has 1 N–H and O–H groups in total. The molecule has 3 aromatic rings. The molecule has 0 spiro atoms. The van der Waals surface area contributed by atoms with E-state index in [9.17, 15) is 22.8 Å². The summed E-state index contributed by atoms with van der Waals surface area (Å²) in [4.78, 5) is 43.6. The molecule has 0 atom stereocenters. The van der Waals surface area contributed by atoms with Crippen LogP contribution in [-0.2, 0) is 17.8 Å². The Balaban J connectivity index is 1.24. The Kier molecular flexibility index (Phi) is 12.7. The summed E-state index contributed by atoms with van der Waals surface area (Å²) in [5.74, 6) is 1.39. The highest BCUT2D eigenvalue weighted by Gasteiger charge is 2.44. The van der Waals surface area contributed by atoms with Gasteiger partial charge in [-0.25, -0.2) is 0 Å². The third-order valence-electron chi connectivity index (χ3n) is 10.0. The number of nitrogens with one attached hydrogen (secondary N) is 1. The fourth-order valence-electron chi connectivity index (χ4n) is 6.92. The minimum absolute atomic E-state index is 0.00530. The second-order valence-corrected chi connectivity index (χ2v) is 14.3. The zero-order valence-electron chi connectivity index (χ0n) is 30.4. The van der Waals surface area contributed by atoms with Crippen LogP contribution < -0.4 is 19.5 Å². The summed E-state index contributed by atoms with van der Waals surface area (Å²) in [5.41, 5.74) is 2.25. The van der Waals surface area contributed by atoms with E-state index in [1.807, 2.05) is 36.1 Å². The van der Waals surface area contributed by atoms with Crippen molar-refractivity contribution in [2.45, 2.75) is 83.9 Å². The summed E-state index contributed by atoms with van der Waals surface area (Å²) in [6.45, 7) is 5.62. The Hall–Kier alpha value is -4.46. The van der Waals surface area contributed by atoms with Gasteiger partial charge in [0.1, 0.15) is 17.3 Å². The van der Waals surface area contributed by atoms with Crippen molar-refractivity contribution in [1.82, 2.24) is 24.8 Å². The molecule has 3 aliphatic heterocycles. The minimum Gasteiger partial charge on any atom is -0.494 e. The summed E-state index contributed by atoms with van der Waals surface area (Å²) in [5, 5.41) is 3.07. The van der Waals surface area contributed by atoms with Crippen LogP contribution in [0.25, 0.3) is 0 Å². The maximum atomic E-state index is 13.8. The van der Waals surface area contributed by atoms with E-state index in [4.69, 9.17) is 14.2 Å². The predicted molar refractivity (Wildman–Crippen MR) is 192 cm³/mol. The number of hydrogen-bond acceptors (Lipinski definition) is 10. The Bertz CT molecular complexity index is 1700. The molecule has 7 rings (SSSR count). The number of anilines is 1. The lowest BCUT2D eigenvalue weighted by Gasteiger charge is -2.23. The number of amides is 1. The number of ketones is 1. The number of carbonyl (C=O) groups is 2. The van der Waals surface area contributed by atoms with E-state index in [1.165, 1.54) is 12.8 Å². The number of ether oxygens (including phenoxy) is 3. The quantitative estimate of drug-likeness (QED) is 0.239.